The second kappa shape index (κ2) is 8.66. The van der Waals surface area contributed by atoms with Crippen LogP contribution in [0, 0.1) is 6.92 Å². The van der Waals surface area contributed by atoms with Gasteiger partial charge in [0, 0.05) is 23.7 Å². The van der Waals surface area contributed by atoms with E-state index in [4.69, 9.17) is 4.74 Å². The molecule has 0 aliphatic carbocycles. The average molecular weight is 429 g/mol. The van der Waals surface area contributed by atoms with Crippen LogP contribution >= 0.6 is 0 Å². The molecule has 0 unspecified atom stereocenters. The molecule has 9 heteroatoms. The SMILES string of the molecule is CCCCc1nc(O)c(S(=O)(=O)c2ccc(-c3ccc(OC)nc3C)cc2)c(=O)[nH]1. The Morgan fingerprint density at radius 3 is 2.37 bits per heavy atom. The van der Waals surface area contributed by atoms with Crippen LogP contribution in [0.15, 0.2) is 51.0 Å². The third-order valence-electron chi connectivity index (χ3n) is 4.69. The smallest absolute Gasteiger partial charge is 0.274 e. The summed E-state index contributed by atoms with van der Waals surface area (Å²) in [6, 6.07) is 9.57. The summed E-state index contributed by atoms with van der Waals surface area (Å²) in [5.74, 6) is -0.0414. The topological polar surface area (TPSA) is 122 Å². The fourth-order valence-corrected chi connectivity index (χ4v) is 4.40. The Morgan fingerprint density at radius 2 is 1.80 bits per heavy atom. The Bertz CT molecular complexity index is 1220. The van der Waals surface area contributed by atoms with E-state index in [0.29, 0.717) is 12.3 Å². The molecule has 0 spiro atoms. The molecule has 0 saturated carbocycles. The van der Waals surface area contributed by atoms with Crippen LogP contribution in [0.4, 0.5) is 0 Å². The van der Waals surface area contributed by atoms with Crippen LogP contribution in [0.25, 0.3) is 11.1 Å². The highest BCUT2D eigenvalue weighted by atomic mass is 32.2. The Morgan fingerprint density at radius 1 is 1.10 bits per heavy atom. The maximum Gasteiger partial charge on any atom is 0.274 e. The van der Waals surface area contributed by atoms with Crippen molar-refractivity contribution >= 4 is 9.84 Å². The van der Waals surface area contributed by atoms with Crippen LogP contribution in [-0.2, 0) is 16.3 Å². The van der Waals surface area contributed by atoms with E-state index in [1.54, 1.807) is 18.2 Å². The zero-order valence-electron chi connectivity index (χ0n) is 17.0. The second-order valence-electron chi connectivity index (χ2n) is 6.78. The molecule has 2 heterocycles. The number of hydrogen-bond donors (Lipinski definition) is 2. The molecule has 0 radical (unpaired) electrons. The molecule has 30 heavy (non-hydrogen) atoms. The van der Waals surface area contributed by atoms with E-state index in [2.05, 4.69) is 15.0 Å². The van der Waals surface area contributed by atoms with Crippen molar-refractivity contribution in [3.05, 3.63) is 58.3 Å². The summed E-state index contributed by atoms with van der Waals surface area (Å²) in [5, 5.41) is 10.2. The van der Waals surface area contributed by atoms with Crippen molar-refractivity contribution in [1.82, 2.24) is 15.0 Å². The summed E-state index contributed by atoms with van der Waals surface area (Å²) in [4.78, 5) is 22.1. The number of aryl methyl sites for hydroxylation is 2. The largest absolute Gasteiger partial charge is 0.492 e. The zero-order valence-corrected chi connectivity index (χ0v) is 17.8. The number of unbranched alkanes of at least 4 members (excludes halogenated alkanes) is 1. The van der Waals surface area contributed by atoms with Gasteiger partial charge in [-0.05, 0) is 37.1 Å². The monoisotopic (exact) mass is 429 g/mol. The number of aromatic nitrogens is 3. The minimum absolute atomic E-state index is 0.116. The van der Waals surface area contributed by atoms with Gasteiger partial charge in [0.05, 0.1) is 12.0 Å². The maximum atomic E-state index is 13.0. The number of ether oxygens (including phenoxy) is 1. The van der Waals surface area contributed by atoms with Gasteiger partial charge in [0.1, 0.15) is 5.82 Å². The molecule has 0 atom stereocenters. The maximum absolute atomic E-state index is 13.0. The van der Waals surface area contributed by atoms with Crippen molar-refractivity contribution in [2.24, 2.45) is 0 Å². The second-order valence-corrected chi connectivity index (χ2v) is 8.67. The molecule has 158 valence electrons. The van der Waals surface area contributed by atoms with Crippen molar-refractivity contribution in [2.45, 2.75) is 42.9 Å². The summed E-state index contributed by atoms with van der Waals surface area (Å²) in [6.07, 6.45) is 2.08. The molecule has 3 aromatic rings. The molecule has 3 rings (SSSR count). The standard InChI is InChI=1S/C21H23N3O5S/c1-4-5-6-17-23-20(25)19(21(26)24-17)30(27,28)15-9-7-14(8-10-15)16-11-12-18(29-3)22-13(16)2/h7-12H,4-6H2,1-3H3,(H2,23,24,25,26). The number of sulfone groups is 1. The highest BCUT2D eigenvalue weighted by molar-refractivity contribution is 7.91. The lowest BCUT2D eigenvalue weighted by Crippen LogP contribution is -2.21. The van der Waals surface area contributed by atoms with Crippen molar-refractivity contribution < 1.29 is 18.3 Å². The lowest BCUT2D eigenvalue weighted by atomic mass is 10.0. The van der Waals surface area contributed by atoms with Crippen LogP contribution < -0.4 is 10.3 Å². The molecule has 8 nitrogen and oxygen atoms in total. The van der Waals surface area contributed by atoms with E-state index in [0.717, 1.165) is 29.7 Å². The van der Waals surface area contributed by atoms with E-state index >= 15 is 0 Å². The minimum atomic E-state index is -4.25. The minimum Gasteiger partial charge on any atom is -0.492 e. The van der Waals surface area contributed by atoms with Gasteiger partial charge in [0.25, 0.3) is 5.56 Å². The number of benzene rings is 1. The molecule has 0 saturated heterocycles. The lowest BCUT2D eigenvalue weighted by Gasteiger charge is -2.10. The third kappa shape index (κ3) is 4.20. The first-order valence-corrected chi connectivity index (χ1v) is 11.0. The normalized spacial score (nSPS) is 11.4. The van der Waals surface area contributed by atoms with Gasteiger partial charge in [-0.25, -0.2) is 13.4 Å². The first kappa shape index (κ1) is 21.5. The predicted octanol–water partition coefficient (Wildman–Crippen LogP) is 3.03. The number of nitrogens with zero attached hydrogens (tertiary/aromatic N) is 2. The van der Waals surface area contributed by atoms with Gasteiger partial charge in [-0.15, -0.1) is 0 Å². The Kier molecular flexibility index (Phi) is 6.21. The molecule has 0 amide bonds. The molecular weight excluding hydrogens is 406 g/mol. The van der Waals surface area contributed by atoms with E-state index in [1.807, 2.05) is 19.9 Å². The number of aromatic amines is 1. The van der Waals surface area contributed by atoms with Gasteiger partial charge in [0.2, 0.25) is 21.6 Å². The molecule has 0 aliphatic rings. The molecule has 0 aliphatic heterocycles. The van der Waals surface area contributed by atoms with Gasteiger partial charge in [-0.2, -0.15) is 4.98 Å². The average Bonchev–Trinajstić information content (AvgIpc) is 2.71. The fourth-order valence-electron chi connectivity index (χ4n) is 3.09. The molecule has 2 N–H and O–H groups in total. The van der Waals surface area contributed by atoms with Crippen molar-refractivity contribution in [2.75, 3.05) is 7.11 Å². The molecular formula is C21H23N3O5S. The van der Waals surface area contributed by atoms with E-state index < -0.39 is 26.2 Å². The first-order chi connectivity index (χ1) is 14.3. The number of nitrogens with one attached hydrogen (secondary N) is 1. The Labute approximate surface area is 174 Å². The van der Waals surface area contributed by atoms with Gasteiger partial charge >= 0.3 is 0 Å². The van der Waals surface area contributed by atoms with E-state index in [9.17, 15) is 18.3 Å². The van der Waals surface area contributed by atoms with Gasteiger partial charge < -0.3 is 14.8 Å². The molecule has 1 aromatic carbocycles. The fraction of sp³-hybridized carbons (Fsp3) is 0.286. The quantitative estimate of drug-likeness (QED) is 0.592. The summed E-state index contributed by atoms with van der Waals surface area (Å²) >= 11 is 0. The number of rotatable bonds is 7. The van der Waals surface area contributed by atoms with Gasteiger partial charge in [0.15, 0.2) is 4.90 Å². The highest BCUT2D eigenvalue weighted by Crippen LogP contribution is 2.28. The van der Waals surface area contributed by atoms with Crippen LogP contribution in [0.2, 0.25) is 0 Å². The Balaban J connectivity index is 1.97. The van der Waals surface area contributed by atoms with Crippen LogP contribution in [-0.4, -0.2) is 35.6 Å². The van der Waals surface area contributed by atoms with Gasteiger partial charge in [-0.1, -0.05) is 25.5 Å². The Hall–Kier alpha value is -3.20. The van der Waals surface area contributed by atoms with Crippen LogP contribution in [0.1, 0.15) is 31.3 Å². The molecule has 0 bridgehead atoms. The number of methoxy groups -OCH3 is 1. The van der Waals surface area contributed by atoms with E-state index in [1.165, 1.54) is 19.2 Å². The zero-order chi connectivity index (χ0) is 21.9. The molecule has 2 aromatic heterocycles. The highest BCUT2D eigenvalue weighted by Gasteiger charge is 2.27. The summed E-state index contributed by atoms with van der Waals surface area (Å²) in [6.45, 7) is 3.80. The van der Waals surface area contributed by atoms with Crippen LogP contribution in [0.3, 0.4) is 0 Å². The number of hydrogen-bond acceptors (Lipinski definition) is 7. The van der Waals surface area contributed by atoms with Crippen LogP contribution in [0.5, 0.6) is 11.8 Å². The molecule has 0 fully saturated rings. The summed E-state index contributed by atoms with van der Waals surface area (Å²) < 4.78 is 31.0. The number of H-pyrrole nitrogens is 1. The van der Waals surface area contributed by atoms with Crippen molar-refractivity contribution in [1.29, 1.82) is 0 Å². The summed E-state index contributed by atoms with van der Waals surface area (Å²) in [5.41, 5.74) is 1.42. The van der Waals surface area contributed by atoms with Crippen molar-refractivity contribution in [3.63, 3.8) is 0 Å². The van der Waals surface area contributed by atoms with Crippen molar-refractivity contribution in [3.8, 4) is 22.9 Å². The third-order valence-corrected chi connectivity index (χ3v) is 6.49. The predicted molar refractivity (Wildman–Crippen MR) is 112 cm³/mol. The number of pyridine rings is 1. The number of aromatic hydroxyl groups is 1. The first-order valence-electron chi connectivity index (χ1n) is 9.47. The van der Waals surface area contributed by atoms with Gasteiger partial charge in [-0.3, -0.25) is 4.79 Å². The summed E-state index contributed by atoms with van der Waals surface area (Å²) in [7, 11) is -2.72. The van der Waals surface area contributed by atoms with E-state index in [-0.39, 0.29) is 10.7 Å². The lowest BCUT2D eigenvalue weighted by molar-refractivity contribution is 0.397.